The lowest BCUT2D eigenvalue weighted by molar-refractivity contribution is -0.137. The van der Waals surface area contributed by atoms with Crippen LogP contribution in [0.1, 0.15) is 35.8 Å². The van der Waals surface area contributed by atoms with Crippen molar-refractivity contribution in [2.24, 2.45) is 5.92 Å². The molecule has 1 amide bonds. The summed E-state index contributed by atoms with van der Waals surface area (Å²) in [5, 5.41) is 10.6. The Balaban J connectivity index is 1.72. The number of benzene rings is 1. The molecule has 2 aromatic rings. The van der Waals surface area contributed by atoms with Crippen LogP contribution in [0.4, 0.5) is 24.7 Å². The number of nitrogens with zero attached hydrogens (tertiary/aromatic N) is 3. The van der Waals surface area contributed by atoms with Gasteiger partial charge in [0.05, 0.1) is 16.3 Å². The number of hydrogen-bond acceptors (Lipinski definition) is 4. The first kappa shape index (κ1) is 19.4. The third-order valence-corrected chi connectivity index (χ3v) is 4.84. The Morgan fingerprint density at radius 1 is 1.19 bits per heavy atom. The van der Waals surface area contributed by atoms with Crippen LogP contribution in [0.2, 0.25) is 5.02 Å². The van der Waals surface area contributed by atoms with Crippen LogP contribution in [0.25, 0.3) is 0 Å². The Kier molecular flexibility index (Phi) is 5.55. The van der Waals surface area contributed by atoms with E-state index in [1.54, 1.807) is 4.90 Å². The van der Waals surface area contributed by atoms with E-state index in [-0.39, 0.29) is 28.1 Å². The molecule has 1 saturated heterocycles. The lowest BCUT2D eigenvalue weighted by Gasteiger charge is -2.29. The largest absolute Gasteiger partial charge is 0.416 e. The van der Waals surface area contributed by atoms with E-state index in [1.807, 2.05) is 0 Å². The molecule has 27 heavy (non-hydrogen) atoms. The highest BCUT2D eigenvalue weighted by Gasteiger charge is 2.31. The number of anilines is 2. The van der Waals surface area contributed by atoms with Gasteiger partial charge in [0.25, 0.3) is 5.91 Å². The fourth-order valence-corrected chi connectivity index (χ4v) is 2.99. The van der Waals surface area contributed by atoms with Crippen LogP contribution in [0.3, 0.4) is 0 Å². The number of likely N-dealkylation sites (tertiary alicyclic amines) is 1. The molecular formula is C18H18ClF3N4O. The minimum absolute atomic E-state index is 0.0601. The number of piperidine rings is 1. The molecule has 9 heteroatoms. The van der Waals surface area contributed by atoms with Crippen LogP contribution in [-0.4, -0.2) is 34.1 Å². The molecule has 1 N–H and O–H groups in total. The summed E-state index contributed by atoms with van der Waals surface area (Å²) < 4.78 is 38.5. The fraction of sp³-hybridized carbons (Fsp3) is 0.389. The topological polar surface area (TPSA) is 58.1 Å². The first-order valence-corrected chi connectivity index (χ1v) is 8.88. The second kappa shape index (κ2) is 7.72. The zero-order valence-corrected chi connectivity index (χ0v) is 15.3. The van der Waals surface area contributed by atoms with Gasteiger partial charge in [0.1, 0.15) is 0 Å². The maximum absolute atomic E-state index is 12.8. The van der Waals surface area contributed by atoms with Crippen LogP contribution >= 0.6 is 11.6 Å². The predicted molar refractivity (Wildman–Crippen MR) is 96.1 cm³/mol. The van der Waals surface area contributed by atoms with E-state index in [2.05, 4.69) is 22.4 Å². The Morgan fingerprint density at radius 3 is 2.48 bits per heavy atom. The minimum atomic E-state index is -4.48. The number of rotatable bonds is 3. The number of carbonyl (C=O) groups is 1. The standard InChI is InChI=1S/C18H18ClF3N4O/c1-11-6-8-26(9-7-11)17(27)14-4-5-16(25-24-14)23-15-10-12(18(20,21)22)2-3-13(15)19/h2-5,10-11H,6-9H2,1H3,(H,23,25). The number of nitrogens with one attached hydrogen (secondary N) is 1. The minimum Gasteiger partial charge on any atom is -0.338 e. The SMILES string of the molecule is CC1CCN(C(=O)c2ccc(Nc3cc(C(F)(F)F)ccc3Cl)nn2)CC1. The molecule has 0 unspecified atom stereocenters. The summed E-state index contributed by atoms with van der Waals surface area (Å²) >= 11 is 5.95. The van der Waals surface area contributed by atoms with Gasteiger partial charge in [0.15, 0.2) is 11.5 Å². The molecule has 0 spiro atoms. The van der Waals surface area contributed by atoms with Gasteiger partial charge in [-0.05, 0) is 49.1 Å². The van der Waals surface area contributed by atoms with Crippen LogP contribution in [-0.2, 0) is 6.18 Å². The van der Waals surface area contributed by atoms with Crippen molar-refractivity contribution in [3.05, 3.63) is 46.6 Å². The Labute approximate surface area is 159 Å². The van der Waals surface area contributed by atoms with Gasteiger partial charge in [-0.15, -0.1) is 10.2 Å². The molecule has 1 aromatic heterocycles. The molecule has 1 fully saturated rings. The van der Waals surface area contributed by atoms with Crippen molar-refractivity contribution in [1.82, 2.24) is 15.1 Å². The van der Waals surface area contributed by atoms with Gasteiger partial charge < -0.3 is 10.2 Å². The summed E-state index contributed by atoms with van der Waals surface area (Å²) in [5.74, 6) is 0.599. The van der Waals surface area contributed by atoms with E-state index in [0.29, 0.717) is 19.0 Å². The zero-order valence-electron chi connectivity index (χ0n) is 14.6. The van der Waals surface area contributed by atoms with Crippen molar-refractivity contribution >= 4 is 29.0 Å². The van der Waals surface area contributed by atoms with E-state index in [1.165, 1.54) is 12.1 Å². The van der Waals surface area contributed by atoms with Crippen molar-refractivity contribution < 1.29 is 18.0 Å². The molecule has 0 saturated carbocycles. The fourth-order valence-electron chi connectivity index (χ4n) is 2.82. The highest BCUT2D eigenvalue weighted by Crippen LogP contribution is 2.34. The van der Waals surface area contributed by atoms with E-state index >= 15 is 0 Å². The van der Waals surface area contributed by atoms with Gasteiger partial charge in [0.2, 0.25) is 0 Å². The number of aromatic nitrogens is 2. The molecule has 0 radical (unpaired) electrons. The van der Waals surface area contributed by atoms with Crippen molar-refractivity contribution in [2.45, 2.75) is 25.9 Å². The van der Waals surface area contributed by atoms with E-state index in [0.717, 1.165) is 31.0 Å². The van der Waals surface area contributed by atoms with Crippen molar-refractivity contribution in [3.8, 4) is 0 Å². The van der Waals surface area contributed by atoms with E-state index in [9.17, 15) is 18.0 Å². The molecule has 0 atom stereocenters. The molecule has 1 aliphatic heterocycles. The second-order valence-corrected chi connectivity index (χ2v) is 7.00. The smallest absolute Gasteiger partial charge is 0.338 e. The molecule has 3 rings (SSSR count). The number of amides is 1. The molecular weight excluding hydrogens is 381 g/mol. The molecule has 1 aliphatic rings. The van der Waals surface area contributed by atoms with Gasteiger partial charge in [-0.1, -0.05) is 18.5 Å². The molecule has 1 aromatic carbocycles. The Morgan fingerprint density at radius 2 is 1.89 bits per heavy atom. The van der Waals surface area contributed by atoms with Gasteiger partial charge in [0, 0.05) is 13.1 Å². The summed E-state index contributed by atoms with van der Waals surface area (Å²) in [7, 11) is 0. The van der Waals surface area contributed by atoms with Gasteiger partial charge in [-0.25, -0.2) is 0 Å². The summed E-state index contributed by atoms with van der Waals surface area (Å²) in [5.41, 5.74) is -0.566. The average molecular weight is 399 g/mol. The molecule has 5 nitrogen and oxygen atoms in total. The molecule has 0 bridgehead atoms. The van der Waals surface area contributed by atoms with Gasteiger partial charge in [-0.2, -0.15) is 13.2 Å². The third kappa shape index (κ3) is 4.68. The van der Waals surface area contributed by atoms with Crippen LogP contribution in [0.15, 0.2) is 30.3 Å². The maximum Gasteiger partial charge on any atom is 0.416 e. The first-order chi connectivity index (χ1) is 12.7. The van der Waals surface area contributed by atoms with Crippen LogP contribution < -0.4 is 5.32 Å². The van der Waals surface area contributed by atoms with Crippen LogP contribution in [0.5, 0.6) is 0 Å². The summed E-state index contributed by atoms with van der Waals surface area (Å²) in [6.45, 7) is 3.52. The molecule has 2 heterocycles. The monoisotopic (exact) mass is 398 g/mol. The number of hydrogen-bond donors (Lipinski definition) is 1. The van der Waals surface area contributed by atoms with Gasteiger partial charge >= 0.3 is 6.18 Å². The summed E-state index contributed by atoms with van der Waals surface area (Å²) in [6, 6.07) is 5.95. The first-order valence-electron chi connectivity index (χ1n) is 8.51. The van der Waals surface area contributed by atoms with Crippen molar-refractivity contribution in [3.63, 3.8) is 0 Å². The summed E-state index contributed by atoms with van der Waals surface area (Å²) in [4.78, 5) is 14.2. The van der Waals surface area contributed by atoms with E-state index < -0.39 is 11.7 Å². The lowest BCUT2D eigenvalue weighted by Crippen LogP contribution is -2.38. The predicted octanol–water partition coefficient (Wildman–Crippen LogP) is 4.76. The normalized spacial score (nSPS) is 15.7. The van der Waals surface area contributed by atoms with E-state index in [4.69, 9.17) is 11.6 Å². The average Bonchev–Trinajstić information content (AvgIpc) is 2.63. The Hall–Kier alpha value is -2.35. The van der Waals surface area contributed by atoms with Crippen molar-refractivity contribution in [1.29, 1.82) is 0 Å². The number of alkyl halides is 3. The molecule has 144 valence electrons. The summed E-state index contributed by atoms with van der Waals surface area (Å²) in [6.07, 6.45) is -2.57. The highest BCUT2D eigenvalue weighted by molar-refractivity contribution is 6.33. The quantitative estimate of drug-likeness (QED) is 0.809. The molecule has 0 aliphatic carbocycles. The second-order valence-electron chi connectivity index (χ2n) is 6.60. The van der Waals surface area contributed by atoms with Gasteiger partial charge in [-0.3, -0.25) is 4.79 Å². The third-order valence-electron chi connectivity index (χ3n) is 4.51. The van der Waals surface area contributed by atoms with Crippen molar-refractivity contribution in [2.75, 3.05) is 18.4 Å². The Bertz CT molecular complexity index is 818. The maximum atomic E-state index is 12.8. The lowest BCUT2D eigenvalue weighted by atomic mass is 9.99. The highest BCUT2D eigenvalue weighted by atomic mass is 35.5. The zero-order chi connectivity index (χ0) is 19.6. The van der Waals surface area contributed by atoms with Crippen LogP contribution in [0, 0.1) is 5.92 Å². The number of carbonyl (C=O) groups excluding carboxylic acids is 1. The number of halogens is 4.